The number of amides is 3. The summed E-state index contributed by atoms with van der Waals surface area (Å²) in [4.78, 5) is 48.8. The van der Waals surface area contributed by atoms with Crippen molar-refractivity contribution in [1.29, 1.82) is 0 Å². The van der Waals surface area contributed by atoms with Crippen LogP contribution in [0.1, 0.15) is 52.4 Å². The highest BCUT2D eigenvalue weighted by Gasteiger charge is 2.77. The van der Waals surface area contributed by atoms with Gasteiger partial charge in [0, 0.05) is 29.6 Å². The number of ether oxygens (including phenoxy) is 1. The molecule has 7 atom stereocenters. The first-order valence-corrected chi connectivity index (χ1v) is 16.3. The number of benzene rings is 1. The summed E-state index contributed by atoms with van der Waals surface area (Å²) in [6, 6.07) is 7.89. The summed E-state index contributed by atoms with van der Waals surface area (Å²) in [5, 5.41) is 10.6. The minimum atomic E-state index is -1.18. The lowest BCUT2D eigenvalue weighted by Crippen LogP contribution is -2.61. The average Bonchev–Trinajstić information content (AvgIpc) is 3.58. The molecular weight excluding hydrogens is 598 g/mol. The van der Waals surface area contributed by atoms with Crippen molar-refractivity contribution in [2.45, 2.75) is 87.0 Å². The van der Waals surface area contributed by atoms with Crippen molar-refractivity contribution >= 4 is 39.3 Å². The lowest BCUT2D eigenvalue weighted by molar-refractivity contribution is -0.154. The number of nitrogens with zero attached hydrogens (tertiary/aromatic N) is 3. The minimum absolute atomic E-state index is 0.0558. The molecule has 8 nitrogen and oxygen atoms in total. The van der Waals surface area contributed by atoms with Gasteiger partial charge in [-0.3, -0.25) is 14.4 Å². The Morgan fingerprint density at radius 3 is 2.38 bits per heavy atom. The smallest absolute Gasteiger partial charge is 0.248 e. The molecule has 42 heavy (non-hydrogen) atoms. The van der Waals surface area contributed by atoms with Crippen LogP contribution in [-0.4, -0.2) is 87.0 Å². The fourth-order valence-electron chi connectivity index (χ4n) is 7.95. The molecule has 3 aliphatic heterocycles. The first kappa shape index (κ1) is 31.0. The standard InChI is InChI=1S/C33H44BrN3O5/c1-5-17-35(22-13-9-7-10-14-22)30(39)26-27-31(40)37(25(20-38)21(3)4)29(33(27)19-24(34)28(26)42-33)32(41)36(18-6-2)23-15-11-8-12-16-23/h5-7,9-10,13-14,21,23-29,38H,1-2,8,11-12,15-20H2,3-4H3/t24?,25-,26+,27-,28+,29?,33?/m0/s1. The summed E-state index contributed by atoms with van der Waals surface area (Å²) < 4.78 is 6.78. The van der Waals surface area contributed by atoms with Crippen LogP contribution in [0.2, 0.25) is 0 Å². The van der Waals surface area contributed by atoms with Gasteiger partial charge in [0.1, 0.15) is 11.6 Å². The largest absolute Gasteiger partial charge is 0.394 e. The Balaban J connectivity index is 1.60. The van der Waals surface area contributed by atoms with E-state index in [0.29, 0.717) is 18.7 Å². The number of carbonyl (C=O) groups is 3. The van der Waals surface area contributed by atoms with E-state index < -0.39 is 35.6 Å². The molecule has 4 aliphatic rings. The molecule has 3 saturated heterocycles. The molecular formula is C33H44BrN3O5. The van der Waals surface area contributed by atoms with Crippen molar-refractivity contribution in [3.05, 3.63) is 55.6 Å². The number of halogens is 1. The Hall–Kier alpha value is -2.49. The van der Waals surface area contributed by atoms with Crippen LogP contribution < -0.4 is 4.90 Å². The zero-order valence-corrected chi connectivity index (χ0v) is 26.3. The van der Waals surface area contributed by atoms with E-state index >= 15 is 0 Å². The Kier molecular flexibility index (Phi) is 9.30. The predicted octanol–water partition coefficient (Wildman–Crippen LogP) is 4.32. The van der Waals surface area contributed by atoms with Gasteiger partial charge in [-0.25, -0.2) is 0 Å². The number of rotatable bonds is 11. The van der Waals surface area contributed by atoms with Crippen LogP contribution in [0.15, 0.2) is 55.6 Å². The number of hydrogen-bond donors (Lipinski definition) is 1. The molecule has 0 radical (unpaired) electrons. The molecule has 3 amide bonds. The lowest BCUT2D eigenvalue weighted by atomic mass is 9.70. The summed E-state index contributed by atoms with van der Waals surface area (Å²) in [7, 11) is 0. The third kappa shape index (κ3) is 5.05. The van der Waals surface area contributed by atoms with Crippen LogP contribution in [0.4, 0.5) is 5.69 Å². The Morgan fingerprint density at radius 1 is 1.12 bits per heavy atom. The number of alkyl halides is 1. The summed E-state index contributed by atoms with van der Waals surface area (Å²) in [6.45, 7) is 12.1. The number of anilines is 1. The summed E-state index contributed by atoms with van der Waals surface area (Å²) in [5.41, 5.74) is -0.467. The van der Waals surface area contributed by atoms with Crippen molar-refractivity contribution in [1.82, 2.24) is 9.80 Å². The number of aliphatic hydroxyl groups excluding tert-OH is 1. The highest BCUT2D eigenvalue weighted by molar-refractivity contribution is 9.09. The fraction of sp³-hybridized carbons (Fsp3) is 0.606. The molecule has 2 bridgehead atoms. The first-order valence-electron chi connectivity index (χ1n) is 15.3. The van der Waals surface area contributed by atoms with Gasteiger partial charge in [0.15, 0.2) is 0 Å². The van der Waals surface area contributed by atoms with E-state index in [0.717, 1.165) is 32.1 Å². The molecule has 3 unspecified atom stereocenters. The number of likely N-dealkylation sites (tertiary alicyclic amines) is 1. The van der Waals surface area contributed by atoms with Gasteiger partial charge in [-0.1, -0.05) is 79.4 Å². The molecule has 1 saturated carbocycles. The van der Waals surface area contributed by atoms with Gasteiger partial charge in [-0.05, 0) is 37.3 Å². The van der Waals surface area contributed by atoms with E-state index in [4.69, 9.17) is 4.74 Å². The number of carbonyl (C=O) groups excluding carboxylic acids is 3. The first-order chi connectivity index (χ1) is 20.2. The highest BCUT2D eigenvalue weighted by atomic mass is 79.9. The summed E-state index contributed by atoms with van der Waals surface area (Å²) in [6.07, 6.45) is 8.35. The van der Waals surface area contributed by atoms with Crippen molar-refractivity contribution < 1.29 is 24.2 Å². The van der Waals surface area contributed by atoms with Crippen LogP contribution in [0.3, 0.4) is 0 Å². The predicted molar refractivity (Wildman–Crippen MR) is 166 cm³/mol. The maximum Gasteiger partial charge on any atom is 0.248 e. The van der Waals surface area contributed by atoms with E-state index in [-0.39, 0.29) is 47.7 Å². The van der Waals surface area contributed by atoms with Gasteiger partial charge in [0.05, 0.1) is 30.6 Å². The van der Waals surface area contributed by atoms with Crippen molar-refractivity contribution in [3.8, 4) is 0 Å². The maximum absolute atomic E-state index is 14.8. The lowest BCUT2D eigenvalue weighted by Gasteiger charge is -2.43. The van der Waals surface area contributed by atoms with E-state index in [1.807, 2.05) is 49.1 Å². The highest BCUT2D eigenvalue weighted by Crippen LogP contribution is 2.61. The molecule has 228 valence electrons. The van der Waals surface area contributed by atoms with Crippen molar-refractivity contribution in [3.63, 3.8) is 0 Å². The quantitative estimate of drug-likeness (QED) is 0.287. The molecule has 0 aromatic heterocycles. The molecule has 1 N–H and O–H groups in total. The minimum Gasteiger partial charge on any atom is -0.394 e. The molecule has 1 aliphatic carbocycles. The van der Waals surface area contributed by atoms with Gasteiger partial charge in [-0.2, -0.15) is 0 Å². The molecule has 4 fully saturated rings. The van der Waals surface area contributed by atoms with Gasteiger partial charge >= 0.3 is 0 Å². The fourth-order valence-corrected chi connectivity index (χ4v) is 8.90. The zero-order chi connectivity index (χ0) is 30.2. The van der Waals surface area contributed by atoms with E-state index in [1.54, 1.807) is 22.0 Å². The summed E-state index contributed by atoms with van der Waals surface area (Å²) >= 11 is 3.79. The van der Waals surface area contributed by atoms with Crippen molar-refractivity contribution in [2.24, 2.45) is 17.8 Å². The average molecular weight is 643 g/mol. The molecule has 1 spiro atoms. The number of para-hydroxylation sites is 1. The number of hydrogen-bond acceptors (Lipinski definition) is 5. The Labute approximate surface area is 257 Å². The molecule has 9 heteroatoms. The van der Waals surface area contributed by atoms with Crippen LogP contribution in [-0.2, 0) is 19.1 Å². The van der Waals surface area contributed by atoms with Gasteiger partial charge in [0.2, 0.25) is 17.7 Å². The number of fused-ring (bicyclic) bond motifs is 1. The van der Waals surface area contributed by atoms with E-state index in [1.165, 1.54) is 0 Å². The monoisotopic (exact) mass is 641 g/mol. The Morgan fingerprint density at radius 2 is 1.79 bits per heavy atom. The SMILES string of the molecule is C=CCN(C(=O)[C@H]1[C@@H]2OC3(CC2Br)C(C(=O)N(CC=C)C2CCCCC2)N([C@@H](CO)C(C)C)C(=O)[C@H]13)c1ccccc1. The van der Waals surface area contributed by atoms with E-state index in [9.17, 15) is 19.5 Å². The van der Waals surface area contributed by atoms with Gasteiger partial charge in [0.25, 0.3) is 0 Å². The maximum atomic E-state index is 14.8. The third-order valence-electron chi connectivity index (χ3n) is 9.83. The second-order valence-corrected chi connectivity index (χ2v) is 13.7. The number of aliphatic hydroxyl groups is 1. The van der Waals surface area contributed by atoms with Crippen LogP contribution in [0.5, 0.6) is 0 Å². The second kappa shape index (κ2) is 12.6. The summed E-state index contributed by atoms with van der Waals surface area (Å²) in [5.74, 6) is -2.40. The van der Waals surface area contributed by atoms with Crippen LogP contribution in [0, 0.1) is 17.8 Å². The third-order valence-corrected chi connectivity index (χ3v) is 10.7. The van der Waals surface area contributed by atoms with Gasteiger partial charge < -0.3 is 24.5 Å². The molecule has 1 aromatic rings. The zero-order valence-electron chi connectivity index (χ0n) is 24.7. The topological polar surface area (TPSA) is 90.4 Å². The van der Waals surface area contributed by atoms with Crippen LogP contribution in [0.25, 0.3) is 0 Å². The van der Waals surface area contributed by atoms with Gasteiger partial charge in [-0.15, -0.1) is 13.2 Å². The van der Waals surface area contributed by atoms with Crippen LogP contribution >= 0.6 is 15.9 Å². The van der Waals surface area contributed by atoms with Crippen molar-refractivity contribution in [2.75, 3.05) is 24.6 Å². The van der Waals surface area contributed by atoms with E-state index in [2.05, 4.69) is 29.1 Å². The second-order valence-electron chi connectivity index (χ2n) is 12.5. The normalized spacial score (nSPS) is 31.2. The molecule has 1 aromatic carbocycles. The molecule has 5 rings (SSSR count). The Bertz CT molecular complexity index is 1190. The molecule has 3 heterocycles.